The van der Waals surface area contributed by atoms with Crippen LogP contribution in [0, 0.1) is 6.92 Å². The third-order valence-electron chi connectivity index (χ3n) is 5.30. The van der Waals surface area contributed by atoms with Crippen molar-refractivity contribution in [3.8, 4) is 5.75 Å². The fraction of sp³-hybridized carbons (Fsp3) is 0.478. The minimum atomic E-state index is -4.01. The van der Waals surface area contributed by atoms with E-state index in [0.29, 0.717) is 29.2 Å². The van der Waals surface area contributed by atoms with Crippen molar-refractivity contribution in [2.45, 2.75) is 64.0 Å². The second kappa shape index (κ2) is 11.2. The van der Waals surface area contributed by atoms with Gasteiger partial charge in [-0.05, 0) is 46.2 Å². The summed E-state index contributed by atoms with van der Waals surface area (Å²) in [5.41, 5.74) is 1.23. The predicted octanol–water partition coefficient (Wildman–Crippen LogP) is 4.16. The highest BCUT2D eigenvalue weighted by atomic mass is 35.5. The van der Waals surface area contributed by atoms with Crippen LogP contribution in [0.15, 0.2) is 42.9 Å². The molecule has 13 heteroatoms. The summed E-state index contributed by atoms with van der Waals surface area (Å²) in [5.74, 6) is 0.342. The third kappa shape index (κ3) is 6.41. The van der Waals surface area contributed by atoms with Crippen LogP contribution in [0.4, 0.5) is 0 Å². The highest BCUT2D eigenvalue weighted by Gasteiger charge is 2.39. The van der Waals surface area contributed by atoms with Gasteiger partial charge in [0.1, 0.15) is 23.1 Å². The summed E-state index contributed by atoms with van der Waals surface area (Å²) in [6, 6.07) is 7.60. The molecule has 2 aromatic heterocycles. The summed E-state index contributed by atoms with van der Waals surface area (Å²) in [7, 11) is -4.01. The number of imidazole rings is 1. The molecule has 1 N–H and O–H groups in total. The summed E-state index contributed by atoms with van der Waals surface area (Å²) in [6.45, 7) is 6.68. The topological polar surface area (TPSA) is 127 Å². The average molecular weight is 538 g/mol. The Hall–Kier alpha value is -2.56. The lowest BCUT2D eigenvalue weighted by Crippen LogP contribution is -2.36. The number of aryl methyl sites for hydroxylation is 1. The molecule has 3 heterocycles. The monoisotopic (exact) mass is 537 g/mol. The Morgan fingerprint density at radius 1 is 1.28 bits per heavy atom. The number of carbonyl (C=O) groups excluding carboxylic acids is 1. The van der Waals surface area contributed by atoms with E-state index in [-0.39, 0.29) is 12.7 Å². The van der Waals surface area contributed by atoms with Crippen LogP contribution in [0.1, 0.15) is 39.2 Å². The van der Waals surface area contributed by atoms with Gasteiger partial charge in [-0.25, -0.2) is 19.5 Å². The minimum Gasteiger partial charge on any atom is -0.462 e. The molecule has 1 fully saturated rings. The molecule has 1 aliphatic heterocycles. The number of carbonyl (C=O) groups is 1. The van der Waals surface area contributed by atoms with Crippen LogP contribution < -0.4 is 9.61 Å². The van der Waals surface area contributed by atoms with Gasteiger partial charge in [-0.2, -0.15) is 5.09 Å². The van der Waals surface area contributed by atoms with Crippen molar-refractivity contribution in [1.29, 1.82) is 0 Å². The Kier molecular flexibility index (Phi) is 8.27. The number of para-hydroxylation sites is 1. The Morgan fingerprint density at radius 2 is 2.03 bits per heavy atom. The second-order valence-corrected chi connectivity index (χ2v) is 11.0. The molecule has 0 bridgehead atoms. The number of fused-ring (bicyclic) bond motifs is 1. The lowest BCUT2D eigenvalue weighted by molar-refractivity contribution is -0.149. The number of ether oxygens (including phenoxy) is 2. The van der Waals surface area contributed by atoms with E-state index in [2.05, 4.69) is 20.0 Å². The molecule has 1 aromatic carbocycles. The summed E-state index contributed by atoms with van der Waals surface area (Å²) < 4.78 is 38.2. The van der Waals surface area contributed by atoms with Crippen molar-refractivity contribution in [2.24, 2.45) is 0 Å². The van der Waals surface area contributed by atoms with Crippen LogP contribution in [0.3, 0.4) is 0 Å². The first-order chi connectivity index (χ1) is 17.1. The van der Waals surface area contributed by atoms with Crippen molar-refractivity contribution in [2.75, 3.05) is 6.61 Å². The molecule has 4 rings (SSSR count). The van der Waals surface area contributed by atoms with Crippen LogP contribution in [0.5, 0.6) is 5.75 Å². The molecule has 11 nitrogen and oxygen atoms in total. The van der Waals surface area contributed by atoms with Crippen molar-refractivity contribution in [3.05, 3.63) is 48.7 Å². The largest absolute Gasteiger partial charge is 0.462 e. The van der Waals surface area contributed by atoms with Crippen LogP contribution >= 0.6 is 19.3 Å². The Morgan fingerprint density at radius 3 is 2.75 bits per heavy atom. The Labute approximate surface area is 214 Å². The molecular weight excluding hydrogens is 509 g/mol. The zero-order valence-corrected chi connectivity index (χ0v) is 22.1. The molecule has 4 unspecified atom stereocenters. The molecule has 36 heavy (non-hydrogen) atoms. The number of esters is 1. The molecule has 0 amide bonds. The van der Waals surface area contributed by atoms with Gasteiger partial charge in [0.2, 0.25) is 0 Å². The third-order valence-corrected chi connectivity index (χ3v) is 7.33. The molecule has 0 spiro atoms. The van der Waals surface area contributed by atoms with Crippen LogP contribution in [-0.4, -0.2) is 55.7 Å². The molecule has 0 aliphatic carbocycles. The molecule has 1 saturated heterocycles. The Balaban J connectivity index is 1.46. The minimum absolute atomic E-state index is 0.0938. The maximum absolute atomic E-state index is 13.7. The molecule has 0 radical (unpaired) electrons. The van der Waals surface area contributed by atoms with Gasteiger partial charge in [-0.1, -0.05) is 18.2 Å². The van der Waals surface area contributed by atoms with Gasteiger partial charge in [0.25, 0.3) is 0 Å². The normalized spacial score (nSPS) is 22.4. The molecule has 3 aromatic rings. The number of nitrogens with zero attached hydrogens (tertiary/aromatic N) is 4. The molecule has 194 valence electrons. The van der Waals surface area contributed by atoms with E-state index in [1.54, 1.807) is 68.2 Å². The first-order valence-electron chi connectivity index (χ1n) is 11.6. The Bertz CT molecular complexity index is 1240. The lowest BCUT2D eigenvalue weighted by Gasteiger charge is -2.24. The first-order valence-corrected chi connectivity index (χ1v) is 13.5. The zero-order valence-electron chi connectivity index (χ0n) is 20.4. The maximum Gasteiger partial charge on any atom is 0.459 e. The number of hydrogen-bond donors (Lipinski definition) is 1. The van der Waals surface area contributed by atoms with E-state index in [1.165, 1.54) is 6.92 Å². The molecule has 0 saturated carbocycles. The second-order valence-electron chi connectivity index (χ2n) is 8.71. The summed E-state index contributed by atoms with van der Waals surface area (Å²) in [6.07, 6.45) is 2.30. The average Bonchev–Trinajstić information content (AvgIpc) is 3.40. The highest BCUT2D eigenvalue weighted by Crippen LogP contribution is 2.46. The maximum atomic E-state index is 13.7. The van der Waals surface area contributed by atoms with Gasteiger partial charge >= 0.3 is 13.7 Å². The predicted molar refractivity (Wildman–Crippen MR) is 133 cm³/mol. The highest BCUT2D eigenvalue weighted by molar-refractivity contribution is 7.52. The van der Waals surface area contributed by atoms with Crippen LogP contribution in [0.25, 0.3) is 11.2 Å². The smallest absolute Gasteiger partial charge is 0.459 e. The summed E-state index contributed by atoms with van der Waals surface area (Å²) in [4.78, 5) is 25.2. The molecular formula is C23H29ClN5O6P. The number of hydrogen-bond acceptors (Lipinski definition) is 9. The summed E-state index contributed by atoms with van der Waals surface area (Å²) >= 11 is 6.61. The first kappa shape index (κ1) is 26.5. The SMILES string of the molecule is Cc1ncc2ncn(C3OC(COP(=O)(NC(C)C(=O)OC(C)C)Oc4ccccc4)C[C@@H]3Cl)c2n1. The van der Waals surface area contributed by atoms with Gasteiger partial charge in [-0.3, -0.25) is 13.9 Å². The number of nitrogens with one attached hydrogen (secondary N) is 1. The number of aromatic nitrogens is 4. The van der Waals surface area contributed by atoms with E-state index in [0.717, 1.165) is 0 Å². The lowest BCUT2D eigenvalue weighted by atomic mass is 10.2. The van der Waals surface area contributed by atoms with Gasteiger partial charge in [0.15, 0.2) is 11.9 Å². The van der Waals surface area contributed by atoms with E-state index in [9.17, 15) is 9.36 Å². The van der Waals surface area contributed by atoms with Crippen molar-refractivity contribution in [3.63, 3.8) is 0 Å². The van der Waals surface area contributed by atoms with Crippen LogP contribution in [-0.2, 0) is 23.4 Å². The van der Waals surface area contributed by atoms with E-state index >= 15 is 0 Å². The number of benzene rings is 1. The van der Waals surface area contributed by atoms with E-state index < -0.39 is 37.5 Å². The fourth-order valence-electron chi connectivity index (χ4n) is 3.67. The molecule has 5 atom stereocenters. The van der Waals surface area contributed by atoms with Gasteiger partial charge < -0.3 is 14.0 Å². The van der Waals surface area contributed by atoms with Gasteiger partial charge in [0, 0.05) is 0 Å². The van der Waals surface area contributed by atoms with Crippen molar-refractivity contribution >= 4 is 36.5 Å². The summed E-state index contributed by atoms with van der Waals surface area (Å²) in [5, 5.41) is 2.26. The van der Waals surface area contributed by atoms with E-state index in [4.69, 9.17) is 30.1 Å². The quantitative estimate of drug-likeness (QED) is 0.229. The van der Waals surface area contributed by atoms with Crippen molar-refractivity contribution in [1.82, 2.24) is 24.6 Å². The fourth-order valence-corrected chi connectivity index (χ4v) is 5.57. The van der Waals surface area contributed by atoms with Gasteiger partial charge in [0.05, 0.1) is 36.7 Å². The number of halogens is 1. The zero-order chi connectivity index (χ0) is 25.9. The number of rotatable bonds is 10. The molecule has 1 aliphatic rings. The number of alkyl halides is 1. The van der Waals surface area contributed by atoms with E-state index in [1.807, 2.05) is 0 Å². The van der Waals surface area contributed by atoms with Gasteiger partial charge in [-0.15, -0.1) is 11.6 Å². The van der Waals surface area contributed by atoms with Crippen LogP contribution in [0.2, 0.25) is 0 Å². The standard InChI is InChI=1S/C23H29ClN5O6P/c1-14(2)33-23(30)15(3)28-36(31,35-17-8-6-5-7-9-17)32-12-18-10-19(24)22(34-18)29-13-26-20-11-25-16(4)27-21(20)29/h5-9,11,13-15,18-19,22H,10,12H2,1-4H3,(H,28,31)/t15?,18?,19-,22?,36?/m0/s1. The van der Waals surface area contributed by atoms with Crippen molar-refractivity contribution < 1.29 is 27.9 Å².